The summed E-state index contributed by atoms with van der Waals surface area (Å²) in [7, 11) is 1.93. The molecule has 3 nitrogen and oxygen atoms in total. The fraction of sp³-hybridized carbons (Fsp3) is 0.370. The van der Waals surface area contributed by atoms with E-state index in [9.17, 15) is 8.78 Å². The van der Waals surface area contributed by atoms with Crippen molar-refractivity contribution >= 4 is 5.57 Å². The van der Waals surface area contributed by atoms with Crippen LogP contribution in [0.4, 0.5) is 8.78 Å². The Balaban J connectivity index is 1.71. The highest BCUT2D eigenvalue weighted by molar-refractivity contribution is 5.71. The van der Waals surface area contributed by atoms with Crippen LogP contribution in [0.2, 0.25) is 0 Å². The van der Waals surface area contributed by atoms with Crippen LogP contribution < -0.4 is 5.32 Å². The van der Waals surface area contributed by atoms with E-state index in [2.05, 4.69) is 54.3 Å². The monoisotopic (exact) mass is 437 g/mol. The molecule has 0 aliphatic heterocycles. The summed E-state index contributed by atoms with van der Waals surface area (Å²) in [6.45, 7) is 15.8. The van der Waals surface area contributed by atoms with Crippen LogP contribution in [0, 0.1) is 5.41 Å². The minimum Gasteiger partial charge on any atom is -0.348 e. The molecule has 32 heavy (non-hydrogen) atoms. The van der Waals surface area contributed by atoms with Crippen molar-refractivity contribution in [2.45, 2.75) is 45.1 Å². The quantitative estimate of drug-likeness (QED) is 0.476. The zero-order chi connectivity index (χ0) is 23.4. The third-order valence-electron chi connectivity index (χ3n) is 6.59. The van der Waals surface area contributed by atoms with Gasteiger partial charge in [-0.15, -0.1) is 0 Å². The number of rotatable bonds is 9. The van der Waals surface area contributed by atoms with E-state index >= 15 is 0 Å². The van der Waals surface area contributed by atoms with Crippen LogP contribution in [0.1, 0.15) is 43.7 Å². The second-order valence-corrected chi connectivity index (χ2v) is 8.92. The van der Waals surface area contributed by atoms with Crippen LogP contribution in [-0.4, -0.2) is 29.4 Å². The number of nitrogens with zero attached hydrogens (tertiary/aromatic N) is 2. The predicted molar refractivity (Wildman–Crippen MR) is 129 cm³/mol. The largest absolute Gasteiger partial charge is 0.348 e. The Morgan fingerprint density at radius 3 is 2.38 bits per heavy atom. The lowest BCUT2D eigenvalue weighted by atomic mass is 9.72. The molecule has 1 N–H and O–H groups in total. The van der Waals surface area contributed by atoms with Crippen molar-refractivity contribution in [3.05, 3.63) is 85.5 Å². The van der Waals surface area contributed by atoms with E-state index in [0.29, 0.717) is 19.4 Å². The first kappa shape index (κ1) is 23.9. The van der Waals surface area contributed by atoms with Gasteiger partial charge in [-0.25, -0.2) is 8.78 Å². The molecule has 2 aromatic rings. The van der Waals surface area contributed by atoms with E-state index < -0.39 is 5.92 Å². The molecule has 1 heterocycles. The van der Waals surface area contributed by atoms with Crippen LogP contribution in [0.5, 0.6) is 0 Å². The molecule has 0 spiro atoms. The minimum atomic E-state index is -2.56. The first-order valence-corrected chi connectivity index (χ1v) is 11.0. The van der Waals surface area contributed by atoms with Gasteiger partial charge in [0.1, 0.15) is 0 Å². The Bertz CT molecular complexity index is 969. The molecule has 1 saturated carbocycles. The Hall–Kier alpha value is -2.79. The van der Waals surface area contributed by atoms with E-state index in [1.807, 2.05) is 31.1 Å². The molecule has 1 aliphatic rings. The average Bonchev–Trinajstić information content (AvgIpc) is 2.80. The van der Waals surface area contributed by atoms with E-state index in [-0.39, 0.29) is 18.3 Å². The van der Waals surface area contributed by atoms with Crippen molar-refractivity contribution < 1.29 is 8.78 Å². The fourth-order valence-corrected chi connectivity index (χ4v) is 4.28. The molecular formula is C27H33F2N3. The van der Waals surface area contributed by atoms with Crippen LogP contribution in [0.25, 0.3) is 16.7 Å². The third kappa shape index (κ3) is 5.33. The zero-order valence-corrected chi connectivity index (χ0v) is 19.1. The Labute approximate surface area is 190 Å². The highest BCUT2D eigenvalue weighted by Crippen LogP contribution is 2.48. The van der Waals surface area contributed by atoms with Crippen LogP contribution in [-0.2, 0) is 6.54 Å². The number of allylic oxidation sites excluding steroid dienone is 1. The molecule has 0 unspecified atom stereocenters. The second kappa shape index (κ2) is 9.78. The molecule has 1 fully saturated rings. The Morgan fingerprint density at radius 2 is 1.78 bits per heavy atom. The normalized spacial score (nSPS) is 16.9. The predicted octanol–water partition coefficient (Wildman–Crippen LogP) is 6.66. The van der Waals surface area contributed by atoms with Crippen molar-refractivity contribution in [1.29, 1.82) is 0 Å². The first-order chi connectivity index (χ1) is 15.2. The average molecular weight is 438 g/mol. The molecule has 1 aliphatic carbocycles. The van der Waals surface area contributed by atoms with Gasteiger partial charge in [0.25, 0.3) is 0 Å². The maximum Gasteiger partial charge on any atom is 0.248 e. The number of aromatic nitrogens is 1. The maximum atomic E-state index is 13.7. The summed E-state index contributed by atoms with van der Waals surface area (Å²) in [6, 6.07) is 10.3. The summed E-state index contributed by atoms with van der Waals surface area (Å²) < 4.78 is 27.3. The van der Waals surface area contributed by atoms with Crippen LogP contribution >= 0.6 is 0 Å². The SMILES string of the molecule is C=CN(CC(=C)c1ccc(-c2cnccc2CNC)cc1)C(=C)C1(C)CCC(F)(F)CC1. The van der Waals surface area contributed by atoms with Gasteiger partial charge in [0.15, 0.2) is 0 Å². The van der Waals surface area contributed by atoms with E-state index in [1.165, 1.54) is 5.56 Å². The lowest BCUT2D eigenvalue weighted by Gasteiger charge is -2.42. The molecule has 0 radical (unpaired) electrons. The third-order valence-corrected chi connectivity index (χ3v) is 6.59. The van der Waals surface area contributed by atoms with Crippen molar-refractivity contribution in [3.63, 3.8) is 0 Å². The molecule has 0 saturated heterocycles. The lowest BCUT2D eigenvalue weighted by Crippen LogP contribution is -2.37. The number of hydrogen-bond donors (Lipinski definition) is 1. The number of nitrogens with one attached hydrogen (secondary N) is 1. The number of pyridine rings is 1. The van der Waals surface area contributed by atoms with E-state index in [0.717, 1.165) is 34.5 Å². The Kier molecular flexibility index (Phi) is 7.29. The summed E-state index contributed by atoms with van der Waals surface area (Å²) in [5, 5.41) is 3.19. The standard InChI is InChI=1S/C27H33F2N3/c1-6-32(21(3)26(4)12-14-27(28,29)15-13-26)19-20(2)22-7-9-23(10-8-22)25-18-31-16-11-24(25)17-30-5/h6-11,16,18,30H,1-3,12-15,17,19H2,4-5H3. The maximum absolute atomic E-state index is 13.7. The summed E-state index contributed by atoms with van der Waals surface area (Å²) >= 11 is 0. The van der Waals surface area contributed by atoms with Gasteiger partial charge < -0.3 is 10.2 Å². The lowest BCUT2D eigenvalue weighted by molar-refractivity contribution is -0.0594. The molecule has 0 amide bonds. The molecule has 170 valence electrons. The summed E-state index contributed by atoms with van der Waals surface area (Å²) in [4.78, 5) is 6.22. The van der Waals surface area contributed by atoms with Crippen molar-refractivity contribution in [2.24, 2.45) is 5.41 Å². The zero-order valence-electron chi connectivity index (χ0n) is 19.1. The molecule has 3 rings (SSSR count). The molecule has 1 aromatic carbocycles. The van der Waals surface area contributed by atoms with Gasteiger partial charge in [0, 0.05) is 55.0 Å². The van der Waals surface area contributed by atoms with Crippen molar-refractivity contribution in [2.75, 3.05) is 13.6 Å². The van der Waals surface area contributed by atoms with Gasteiger partial charge in [-0.05, 0) is 54.4 Å². The first-order valence-electron chi connectivity index (χ1n) is 11.0. The number of halogens is 2. The van der Waals surface area contributed by atoms with Gasteiger partial charge in [-0.1, -0.05) is 50.9 Å². The van der Waals surface area contributed by atoms with Crippen molar-refractivity contribution in [3.8, 4) is 11.1 Å². The topological polar surface area (TPSA) is 28.2 Å². The molecule has 1 aromatic heterocycles. The second-order valence-electron chi connectivity index (χ2n) is 8.92. The van der Waals surface area contributed by atoms with Gasteiger partial charge >= 0.3 is 0 Å². The summed E-state index contributed by atoms with van der Waals surface area (Å²) in [5.41, 5.74) is 5.80. The summed E-state index contributed by atoms with van der Waals surface area (Å²) in [5.74, 6) is -2.56. The van der Waals surface area contributed by atoms with Crippen molar-refractivity contribution in [1.82, 2.24) is 15.2 Å². The molecule has 5 heteroatoms. The molecular weight excluding hydrogens is 404 g/mol. The van der Waals surface area contributed by atoms with Gasteiger partial charge in [0.05, 0.1) is 0 Å². The highest BCUT2D eigenvalue weighted by Gasteiger charge is 2.43. The van der Waals surface area contributed by atoms with Gasteiger partial charge in [-0.2, -0.15) is 0 Å². The minimum absolute atomic E-state index is 0.0974. The Morgan fingerprint density at radius 1 is 1.12 bits per heavy atom. The van der Waals surface area contributed by atoms with Gasteiger partial charge in [-0.3, -0.25) is 4.98 Å². The smallest absolute Gasteiger partial charge is 0.248 e. The molecule has 0 atom stereocenters. The highest BCUT2D eigenvalue weighted by atomic mass is 19.3. The number of alkyl halides is 2. The number of hydrogen-bond acceptors (Lipinski definition) is 3. The van der Waals surface area contributed by atoms with Gasteiger partial charge in [0.2, 0.25) is 5.92 Å². The molecule has 0 bridgehead atoms. The van der Waals surface area contributed by atoms with E-state index in [4.69, 9.17) is 0 Å². The van der Waals surface area contributed by atoms with Crippen LogP contribution in [0.3, 0.4) is 0 Å². The number of benzene rings is 1. The summed E-state index contributed by atoms with van der Waals surface area (Å²) in [6.07, 6.45) is 6.05. The van der Waals surface area contributed by atoms with E-state index in [1.54, 1.807) is 12.4 Å². The fourth-order valence-electron chi connectivity index (χ4n) is 4.28. The van der Waals surface area contributed by atoms with Crippen LogP contribution in [0.15, 0.2) is 74.4 Å².